The number of benzene rings is 1. The third-order valence-electron chi connectivity index (χ3n) is 1.95. The standard InChI is InChI=1S/C12H10N2O/c15-14-9-5-4-8-12(14)13-10-11-6-2-1-3-7-11/h1-10H. The molecule has 74 valence electrons. The van der Waals surface area contributed by atoms with Gasteiger partial charge in [-0.25, -0.2) is 4.73 Å². The smallest absolute Gasteiger partial charge is 0.325 e. The van der Waals surface area contributed by atoms with Gasteiger partial charge in [0, 0.05) is 11.6 Å². The lowest BCUT2D eigenvalue weighted by molar-refractivity contribution is -0.591. The molecule has 3 nitrogen and oxygen atoms in total. The Morgan fingerprint density at radius 3 is 2.47 bits per heavy atom. The van der Waals surface area contributed by atoms with Gasteiger partial charge in [0.25, 0.3) is 0 Å². The maximum atomic E-state index is 11.2. The Labute approximate surface area is 87.9 Å². The fraction of sp³-hybridized carbons (Fsp3) is 0. The van der Waals surface area contributed by atoms with Crippen molar-refractivity contribution in [3.05, 3.63) is 65.5 Å². The van der Waals surface area contributed by atoms with Crippen molar-refractivity contribution in [3.63, 3.8) is 0 Å². The number of aromatic nitrogens is 1. The van der Waals surface area contributed by atoms with Crippen LogP contribution in [-0.2, 0) is 0 Å². The molecule has 0 saturated carbocycles. The van der Waals surface area contributed by atoms with E-state index in [0.717, 1.165) is 10.3 Å². The molecule has 1 heterocycles. The summed E-state index contributed by atoms with van der Waals surface area (Å²) in [6.45, 7) is 0. The van der Waals surface area contributed by atoms with Crippen molar-refractivity contribution in [1.29, 1.82) is 0 Å². The highest BCUT2D eigenvalue weighted by Crippen LogP contribution is 2.03. The van der Waals surface area contributed by atoms with Gasteiger partial charge in [0.2, 0.25) is 0 Å². The maximum Gasteiger partial charge on any atom is 0.325 e. The molecule has 0 aliphatic carbocycles. The van der Waals surface area contributed by atoms with Gasteiger partial charge < -0.3 is 5.21 Å². The van der Waals surface area contributed by atoms with E-state index in [1.54, 1.807) is 24.4 Å². The molecule has 0 fully saturated rings. The number of pyridine rings is 1. The Kier molecular flexibility index (Phi) is 2.74. The van der Waals surface area contributed by atoms with Crippen molar-refractivity contribution in [2.45, 2.75) is 0 Å². The van der Waals surface area contributed by atoms with Gasteiger partial charge in [0.1, 0.15) is 6.21 Å². The van der Waals surface area contributed by atoms with Crippen LogP contribution in [0, 0.1) is 5.21 Å². The van der Waals surface area contributed by atoms with Crippen LogP contribution in [-0.4, -0.2) is 6.21 Å². The van der Waals surface area contributed by atoms with E-state index in [9.17, 15) is 5.21 Å². The average molecular weight is 198 g/mol. The van der Waals surface area contributed by atoms with Crippen molar-refractivity contribution >= 4 is 12.0 Å². The molecule has 0 saturated heterocycles. The Bertz CT molecular complexity index is 466. The molecule has 3 heteroatoms. The molecule has 1 aromatic heterocycles. The molecular formula is C12H10N2O. The van der Waals surface area contributed by atoms with E-state index >= 15 is 0 Å². The van der Waals surface area contributed by atoms with Crippen molar-refractivity contribution in [1.82, 2.24) is 0 Å². The molecule has 0 radical (unpaired) electrons. The third kappa shape index (κ3) is 2.40. The average Bonchev–Trinajstić information content (AvgIpc) is 2.29. The van der Waals surface area contributed by atoms with Gasteiger partial charge in [-0.05, 0) is 11.1 Å². The molecule has 15 heavy (non-hydrogen) atoms. The first-order chi connectivity index (χ1) is 7.36. The molecular weight excluding hydrogens is 188 g/mol. The highest BCUT2D eigenvalue weighted by molar-refractivity contribution is 5.81. The predicted octanol–water partition coefficient (Wildman–Crippen LogP) is 2.07. The molecule has 1 aromatic carbocycles. The van der Waals surface area contributed by atoms with Gasteiger partial charge in [-0.3, -0.25) is 0 Å². The minimum absolute atomic E-state index is 0.390. The first-order valence-corrected chi connectivity index (χ1v) is 4.63. The van der Waals surface area contributed by atoms with Crippen LogP contribution in [0.1, 0.15) is 5.56 Å². The largest absolute Gasteiger partial charge is 0.710 e. The van der Waals surface area contributed by atoms with E-state index in [-0.39, 0.29) is 0 Å². The topological polar surface area (TPSA) is 39.3 Å². The highest BCUT2D eigenvalue weighted by atomic mass is 16.5. The van der Waals surface area contributed by atoms with Crippen molar-refractivity contribution in [3.8, 4) is 0 Å². The van der Waals surface area contributed by atoms with Crippen LogP contribution in [0.15, 0.2) is 59.7 Å². The van der Waals surface area contributed by atoms with Crippen LogP contribution in [0.4, 0.5) is 5.82 Å². The van der Waals surface area contributed by atoms with E-state index in [1.165, 1.54) is 6.20 Å². The summed E-state index contributed by atoms with van der Waals surface area (Å²) in [6.07, 6.45) is 3.10. The molecule has 0 amide bonds. The summed E-state index contributed by atoms with van der Waals surface area (Å²) in [4.78, 5) is 4.10. The van der Waals surface area contributed by atoms with Gasteiger partial charge in [0.05, 0.1) is 6.20 Å². The lowest BCUT2D eigenvalue weighted by atomic mass is 10.2. The molecule has 0 unspecified atom stereocenters. The first kappa shape index (κ1) is 9.40. The molecule has 2 rings (SSSR count). The van der Waals surface area contributed by atoms with Crippen molar-refractivity contribution < 1.29 is 4.73 Å². The normalized spacial score (nSPS) is 10.7. The van der Waals surface area contributed by atoms with E-state index < -0.39 is 0 Å². The van der Waals surface area contributed by atoms with Crippen LogP contribution < -0.4 is 4.73 Å². The van der Waals surface area contributed by atoms with Gasteiger partial charge in [-0.1, -0.05) is 36.4 Å². The summed E-state index contributed by atoms with van der Waals surface area (Å²) >= 11 is 0. The number of hydrogen-bond donors (Lipinski definition) is 0. The zero-order valence-electron chi connectivity index (χ0n) is 8.08. The molecule has 0 bridgehead atoms. The second-order valence-corrected chi connectivity index (χ2v) is 3.05. The summed E-state index contributed by atoms with van der Waals surface area (Å²) in [5.41, 5.74) is 0.973. The van der Waals surface area contributed by atoms with Crippen LogP contribution in [0.2, 0.25) is 0 Å². The molecule has 0 atom stereocenters. The Hall–Kier alpha value is -2.16. The van der Waals surface area contributed by atoms with E-state index in [0.29, 0.717) is 5.82 Å². The quantitative estimate of drug-likeness (QED) is 0.413. The van der Waals surface area contributed by atoms with E-state index in [2.05, 4.69) is 4.99 Å². The summed E-state index contributed by atoms with van der Waals surface area (Å²) in [5, 5.41) is 11.2. The SMILES string of the molecule is [O-][n+]1ccccc1N=Cc1ccccc1. The van der Waals surface area contributed by atoms with Crippen LogP contribution in [0.3, 0.4) is 0 Å². The van der Waals surface area contributed by atoms with Crippen LogP contribution >= 0.6 is 0 Å². The fourth-order valence-corrected chi connectivity index (χ4v) is 1.20. The monoisotopic (exact) mass is 198 g/mol. The van der Waals surface area contributed by atoms with Gasteiger partial charge in [0.15, 0.2) is 0 Å². The number of nitrogens with zero attached hydrogens (tertiary/aromatic N) is 2. The zero-order chi connectivity index (χ0) is 10.5. The molecule has 0 spiro atoms. The predicted molar refractivity (Wildman–Crippen MR) is 59.1 cm³/mol. The minimum atomic E-state index is 0.390. The lowest BCUT2D eigenvalue weighted by Crippen LogP contribution is -2.24. The van der Waals surface area contributed by atoms with Crippen LogP contribution in [0.25, 0.3) is 0 Å². The van der Waals surface area contributed by atoms with Crippen LogP contribution in [0.5, 0.6) is 0 Å². The fourth-order valence-electron chi connectivity index (χ4n) is 1.20. The number of hydrogen-bond acceptors (Lipinski definition) is 2. The van der Waals surface area contributed by atoms with E-state index in [4.69, 9.17) is 0 Å². The second kappa shape index (κ2) is 4.37. The van der Waals surface area contributed by atoms with Crippen molar-refractivity contribution in [2.75, 3.05) is 0 Å². The highest BCUT2D eigenvalue weighted by Gasteiger charge is 1.98. The molecule has 0 aliphatic heterocycles. The summed E-state index contributed by atoms with van der Waals surface area (Å²) in [7, 11) is 0. The zero-order valence-corrected chi connectivity index (χ0v) is 8.08. The molecule has 0 N–H and O–H groups in total. The van der Waals surface area contributed by atoms with Gasteiger partial charge in [-0.15, -0.1) is 0 Å². The van der Waals surface area contributed by atoms with Gasteiger partial charge in [-0.2, -0.15) is 0 Å². The molecule has 0 aliphatic rings. The van der Waals surface area contributed by atoms with Crippen molar-refractivity contribution in [2.24, 2.45) is 4.99 Å². The van der Waals surface area contributed by atoms with Gasteiger partial charge >= 0.3 is 5.82 Å². The third-order valence-corrected chi connectivity index (χ3v) is 1.95. The number of rotatable bonds is 2. The Morgan fingerprint density at radius 2 is 1.73 bits per heavy atom. The summed E-state index contributed by atoms with van der Waals surface area (Å²) in [6, 6.07) is 14.8. The lowest BCUT2D eigenvalue weighted by Gasteiger charge is -2.00. The number of aliphatic imine (C=N–C) groups is 1. The summed E-state index contributed by atoms with van der Waals surface area (Å²) < 4.78 is 0.736. The Balaban J connectivity index is 2.23. The Morgan fingerprint density at radius 1 is 1.00 bits per heavy atom. The maximum absolute atomic E-state index is 11.2. The molecule has 2 aromatic rings. The van der Waals surface area contributed by atoms with E-state index in [1.807, 2.05) is 30.3 Å². The summed E-state index contributed by atoms with van der Waals surface area (Å²) in [5.74, 6) is 0.390. The first-order valence-electron chi connectivity index (χ1n) is 4.63. The second-order valence-electron chi connectivity index (χ2n) is 3.05. The minimum Gasteiger partial charge on any atom is -0.710 e.